The molecule has 0 bridgehead atoms. The zero-order chi connectivity index (χ0) is 14.5. The van der Waals surface area contributed by atoms with E-state index in [1.807, 2.05) is 0 Å². The van der Waals surface area contributed by atoms with Crippen molar-refractivity contribution < 1.29 is 9.59 Å². The van der Waals surface area contributed by atoms with Crippen molar-refractivity contribution in [3.05, 3.63) is 40.3 Å². The predicted octanol–water partition coefficient (Wildman–Crippen LogP) is -0.672. The number of carbonyl (C=O) groups is 2. The molecular weight excluding hydrogens is 260 g/mol. The van der Waals surface area contributed by atoms with Crippen LogP contribution >= 0.6 is 0 Å². The minimum absolute atomic E-state index is 0.00567. The molecule has 1 heterocycles. The number of nitrogens with zero attached hydrogens (tertiary/aromatic N) is 1. The molecule has 0 spiro atoms. The second-order valence-corrected chi connectivity index (χ2v) is 4.17. The molecule has 20 heavy (non-hydrogen) atoms. The Morgan fingerprint density at radius 3 is 2.60 bits per heavy atom. The SMILES string of the molecule is CNC(=O)CNC(=O)Cc1n[nH]c(=O)c2ccccc12. The maximum atomic E-state index is 11.7. The van der Waals surface area contributed by atoms with Gasteiger partial charge in [-0.05, 0) is 6.07 Å². The average molecular weight is 274 g/mol. The zero-order valence-corrected chi connectivity index (χ0v) is 10.9. The zero-order valence-electron chi connectivity index (χ0n) is 10.9. The first-order valence-electron chi connectivity index (χ1n) is 6.05. The number of hydrogen-bond acceptors (Lipinski definition) is 4. The minimum Gasteiger partial charge on any atom is -0.358 e. The molecule has 0 unspecified atom stereocenters. The predicted molar refractivity (Wildman–Crippen MR) is 73.1 cm³/mol. The van der Waals surface area contributed by atoms with E-state index < -0.39 is 0 Å². The summed E-state index contributed by atoms with van der Waals surface area (Å²) >= 11 is 0. The molecule has 1 aromatic heterocycles. The van der Waals surface area contributed by atoms with Gasteiger partial charge in [0.05, 0.1) is 24.0 Å². The van der Waals surface area contributed by atoms with Gasteiger partial charge in [-0.25, -0.2) is 5.10 Å². The van der Waals surface area contributed by atoms with Gasteiger partial charge in [0.15, 0.2) is 0 Å². The largest absolute Gasteiger partial charge is 0.358 e. The Bertz CT molecular complexity index is 708. The van der Waals surface area contributed by atoms with Gasteiger partial charge >= 0.3 is 0 Å². The van der Waals surface area contributed by atoms with Crippen LogP contribution in [-0.4, -0.2) is 35.6 Å². The monoisotopic (exact) mass is 274 g/mol. The van der Waals surface area contributed by atoms with E-state index in [1.54, 1.807) is 24.3 Å². The molecule has 2 amide bonds. The van der Waals surface area contributed by atoms with Crippen LogP contribution in [0.3, 0.4) is 0 Å². The number of fused-ring (bicyclic) bond motifs is 1. The first-order valence-corrected chi connectivity index (χ1v) is 6.05. The van der Waals surface area contributed by atoms with E-state index in [-0.39, 0.29) is 30.3 Å². The third-order valence-corrected chi connectivity index (χ3v) is 2.83. The molecule has 104 valence electrons. The minimum atomic E-state index is -0.335. The smallest absolute Gasteiger partial charge is 0.272 e. The fourth-order valence-electron chi connectivity index (χ4n) is 1.79. The van der Waals surface area contributed by atoms with Crippen molar-refractivity contribution in [1.82, 2.24) is 20.8 Å². The first-order chi connectivity index (χ1) is 9.61. The van der Waals surface area contributed by atoms with E-state index in [2.05, 4.69) is 20.8 Å². The van der Waals surface area contributed by atoms with E-state index in [4.69, 9.17) is 0 Å². The Labute approximate surface area is 114 Å². The Hall–Kier alpha value is -2.70. The number of hydrogen-bond donors (Lipinski definition) is 3. The lowest BCUT2D eigenvalue weighted by Crippen LogP contribution is -2.36. The summed E-state index contributed by atoms with van der Waals surface area (Å²) in [4.78, 5) is 34.4. The number of likely N-dealkylation sites (N-methyl/N-ethyl adjacent to an activating group) is 1. The molecule has 0 saturated heterocycles. The third kappa shape index (κ3) is 3.00. The topological polar surface area (TPSA) is 104 Å². The number of nitrogens with one attached hydrogen (secondary N) is 3. The molecule has 7 heteroatoms. The molecule has 0 aliphatic carbocycles. The van der Waals surface area contributed by atoms with Crippen molar-refractivity contribution >= 4 is 22.6 Å². The summed E-state index contributed by atoms with van der Waals surface area (Å²) in [5.41, 5.74) is 0.171. The third-order valence-electron chi connectivity index (χ3n) is 2.83. The number of carbonyl (C=O) groups excluding carboxylic acids is 2. The second kappa shape index (κ2) is 5.96. The molecular formula is C13H14N4O3. The van der Waals surface area contributed by atoms with Crippen LogP contribution in [0.5, 0.6) is 0 Å². The summed E-state index contributed by atoms with van der Waals surface area (Å²) in [6.07, 6.45) is -0.00567. The van der Waals surface area contributed by atoms with E-state index in [9.17, 15) is 14.4 Å². The van der Waals surface area contributed by atoms with E-state index in [1.165, 1.54) is 7.05 Å². The van der Waals surface area contributed by atoms with Crippen molar-refractivity contribution in [2.45, 2.75) is 6.42 Å². The highest BCUT2D eigenvalue weighted by molar-refractivity contribution is 5.90. The fourth-order valence-corrected chi connectivity index (χ4v) is 1.79. The molecule has 2 aromatic rings. The molecule has 3 N–H and O–H groups in total. The molecule has 0 saturated carbocycles. The van der Waals surface area contributed by atoms with Crippen molar-refractivity contribution in [2.75, 3.05) is 13.6 Å². The Balaban J connectivity index is 2.18. The van der Waals surface area contributed by atoms with Crippen LogP contribution in [0.4, 0.5) is 0 Å². The van der Waals surface area contributed by atoms with Gasteiger partial charge < -0.3 is 10.6 Å². The van der Waals surface area contributed by atoms with E-state index in [0.29, 0.717) is 16.5 Å². The van der Waals surface area contributed by atoms with Crippen molar-refractivity contribution in [2.24, 2.45) is 0 Å². The summed E-state index contributed by atoms with van der Waals surface area (Å²) < 4.78 is 0. The van der Waals surface area contributed by atoms with Gasteiger partial charge in [-0.2, -0.15) is 5.10 Å². The first kappa shape index (κ1) is 13.7. The highest BCUT2D eigenvalue weighted by Crippen LogP contribution is 2.12. The Kier molecular flexibility index (Phi) is 4.09. The quantitative estimate of drug-likeness (QED) is 0.687. The summed E-state index contributed by atoms with van der Waals surface area (Å²) in [5, 5.41) is 12.3. The molecule has 0 aliphatic heterocycles. The Morgan fingerprint density at radius 2 is 1.90 bits per heavy atom. The standard InChI is InChI=1S/C13H14N4O3/c1-14-12(19)7-15-11(18)6-10-8-4-2-3-5-9(8)13(20)17-16-10/h2-5H,6-7H2,1H3,(H,14,19)(H,15,18)(H,17,20). The molecule has 0 aliphatic rings. The van der Waals surface area contributed by atoms with Crippen molar-refractivity contribution in [3.63, 3.8) is 0 Å². The van der Waals surface area contributed by atoms with Gasteiger partial charge in [-0.1, -0.05) is 18.2 Å². The second-order valence-electron chi connectivity index (χ2n) is 4.17. The van der Waals surface area contributed by atoms with Crippen LogP contribution in [-0.2, 0) is 16.0 Å². The lowest BCUT2D eigenvalue weighted by atomic mass is 10.1. The number of amides is 2. The summed E-state index contributed by atoms with van der Waals surface area (Å²) in [6.45, 7) is -0.0867. The van der Waals surface area contributed by atoms with Gasteiger partial charge in [0.2, 0.25) is 11.8 Å². The van der Waals surface area contributed by atoms with Gasteiger partial charge in [0.25, 0.3) is 5.56 Å². The Morgan fingerprint density at radius 1 is 1.20 bits per heavy atom. The summed E-state index contributed by atoms with van der Waals surface area (Å²) in [7, 11) is 1.49. The highest BCUT2D eigenvalue weighted by atomic mass is 16.2. The van der Waals surface area contributed by atoms with Gasteiger partial charge in [0, 0.05) is 12.4 Å². The van der Waals surface area contributed by atoms with Gasteiger partial charge in [-0.15, -0.1) is 0 Å². The molecule has 0 fully saturated rings. The van der Waals surface area contributed by atoms with Crippen LogP contribution in [0.15, 0.2) is 29.1 Å². The molecule has 0 atom stereocenters. The van der Waals surface area contributed by atoms with Crippen molar-refractivity contribution in [3.8, 4) is 0 Å². The average Bonchev–Trinajstić information content (AvgIpc) is 2.48. The number of aromatic nitrogens is 2. The normalized spacial score (nSPS) is 10.2. The molecule has 0 radical (unpaired) electrons. The number of benzene rings is 1. The van der Waals surface area contributed by atoms with Crippen LogP contribution < -0.4 is 16.2 Å². The number of rotatable bonds is 4. The number of aromatic amines is 1. The highest BCUT2D eigenvalue weighted by Gasteiger charge is 2.11. The molecule has 1 aromatic carbocycles. The molecule has 7 nitrogen and oxygen atoms in total. The number of H-pyrrole nitrogens is 1. The lowest BCUT2D eigenvalue weighted by Gasteiger charge is -2.06. The summed E-state index contributed by atoms with van der Waals surface area (Å²) in [5.74, 6) is -0.615. The van der Waals surface area contributed by atoms with E-state index in [0.717, 1.165) is 0 Å². The van der Waals surface area contributed by atoms with Crippen LogP contribution in [0.1, 0.15) is 5.69 Å². The molecule has 2 rings (SSSR count). The van der Waals surface area contributed by atoms with Gasteiger partial charge in [0.1, 0.15) is 0 Å². The maximum Gasteiger partial charge on any atom is 0.272 e. The van der Waals surface area contributed by atoms with Crippen LogP contribution in [0, 0.1) is 0 Å². The lowest BCUT2D eigenvalue weighted by molar-refractivity contribution is -0.125. The maximum absolute atomic E-state index is 11.7. The van der Waals surface area contributed by atoms with Crippen molar-refractivity contribution in [1.29, 1.82) is 0 Å². The van der Waals surface area contributed by atoms with Crippen LogP contribution in [0.25, 0.3) is 10.8 Å². The van der Waals surface area contributed by atoms with Crippen LogP contribution in [0.2, 0.25) is 0 Å². The fraction of sp³-hybridized carbons (Fsp3) is 0.231. The van der Waals surface area contributed by atoms with E-state index >= 15 is 0 Å². The van der Waals surface area contributed by atoms with Gasteiger partial charge in [-0.3, -0.25) is 14.4 Å². The summed E-state index contributed by atoms with van der Waals surface area (Å²) in [6, 6.07) is 6.92.